The minimum Gasteiger partial charge on any atom is -0.507 e. The number of hydrogen-bond acceptors (Lipinski definition) is 6. The molecule has 0 saturated heterocycles. The Balaban J connectivity index is 1.60. The number of aromatic nitrogens is 3. The highest BCUT2D eigenvalue weighted by Crippen LogP contribution is 2.28. The van der Waals surface area contributed by atoms with E-state index in [9.17, 15) is 9.90 Å². The number of carbonyl (C=O) groups is 1. The molecule has 0 unspecified atom stereocenters. The van der Waals surface area contributed by atoms with E-state index in [1.165, 1.54) is 11.8 Å². The monoisotopic (exact) mass is 344 g/mol. The molecule has 0 fully saturated rings. The maximum Gasteiger partial charge on any atom is 0.230 e. The first-order valence-corrected chi connectivity index (χ1v) is 8.23. The van der Waals surface area contributed by atoms with Crippen LogP contribution in [0.3, 0.4) is 0 Å². The van der Waals surface area contributed by atoms with Crippen LogP contribution < -0.4 is 5.32 Å². The van der Waals surface area contributed by atoms with E-state index in [1.54, 1.807) is 48.2 Å². The molecule has 3 aromatic rings. The Morgan fingerprint density at radius 3 is 2.88 bits per heavy atom. The van der Waals surface area contributed by atoms with E-state index in [-0.39, 0.29) is 17.4 Å². The fourth-order valence-electron chi connectivity index (χ4n) is 2.12. The van der Waals surface area contributed by atoms with Gasteiger partial charge in [-0.15, -0.1) is 10.2 Å². The summed E-state index contributed by atoms with van der Waals surface area (Å²) in [6.07, 6.45) is 1.57. The fourth-order valence-corrected chi connectivity index (χ4v) is 2.86. The number of benzene rings is 1. The van der Waals surface area contributed by atoms with Gasteiger partial charge < -0.3 is 19.4 Å². The molecule has 2 N–H and O–H groups in total. The SMILES string of the molecule is Cn1c(SCC(=O)NCc2ccco2)nnc1-c1ccccc1O. The third-order valence-electron chi connectivity index (χ3n) is 3.35. The molecule has 8 heteroatoms. The number of furan rings is 1. The lowest BCUT2D eigenvalue weighted by Gasteiger charge is -2.05. The number of nitrogens with zero attached hydrogens (tertiary/aromatic N) is 3. The first-order chi connectivity index (χ1) is 11.6. The molecule has 0 radical (unpaired) electrons. The number of para-hydroxylation sites is 1. The van der Waals surface area contributed by atoms with Crippen LogP contribution in [0.4, 0.5) is 0 Å². The van der Waals surface area contributed by atoms with Crippen molar-refractivity contribution in [2.45, 2.75) is 11.7 Å². The molecule has 0 aliphatic carbocycles. The molecule has 1 amide bonds. The van der Waals surface area contributed by atoms with Gasteiger partial charge in [0.2, 0.25) is 5.91 Å². The van der Waals surface area contributed by atoms with E-state index in [0.29, 0.717) is 28.8 Å². The maximum absolute atomic E-state index is 11.9. The number of aromatic hydroxyl groups is 1. The van der Waals surface area contributed by atoms with Crippen molar-refractivity contribution < 1.29 is 14.3 Å². The van der Waals surface area contributed by atoms with Crippen LogP contribution >= 0.6 is 11.8 Å². The molecule has 24 heavy (non-hydrogen) atoms. The second-order valence-corrected chi connectivity index (χ2v) is 5.97. The van der Waals surface area contributed by atoms with E-state index >= 15 is 0 Å². The molecule has 7 nitrogen and oxygen atoms in total. The molecule has 0 atom stereocenters. The lowest BCUT2D eigenvalue weighted by atomic mass is 10.2. The Morgan fingerprint density at radius 2 is 2.12 bits per heavy atom. The molecule has 2 heterocycles. The molecule has 3 rings (SSSR count). The number of nitrogens with one attached hydrogen (secondary N) is 1. The average Bonchev–Trinajstić information content (AvgIpc) is 3.22. The lowest BCUT2D eigenvalue weighted by Crippen LogP contribution is -2.24. The minimum atomic E-state index is -0.122. The molecule has 2 aromatic heterocycles. The van der Waals surface area contributed by atoms with Gasteiger partial charge in [-0.25, -0.2) is 0 Å². The molecule has 0 bridgehead atoms. The topological polar surface area (TPSA) is 93.2 Å². The fraction of sp³-hybridized carbons (Fsp3) is 0.188. The largest absolute Gasteiger partial charge is 0.507 e. The molecule has 124 valence electrons. The number of phenols is 1. The minimum absolute atomic E-state index is 0.122. The summed E-state index contributed by atoms with van der Waals surface area (Å²) in [5.74, 6) is 1.48. The van der Waals surface area contributed by atoms with E-state index in [2.05, 4.69) is 15.5 Å². The van der Waals surface area contributed by atoms with Crippen molar-refractivity contribution in [2.24, 2.45) is 7.05 Å². The van der Waals surface area contributed by atoms with Crippen LogP contribution in [0.25, 0.3) is 11.4 Å². The van der Waals surface area contributed by atoms with Crippen LogP contribution in [0.5, 0.6) is 5.75 Å². The van der Waals surface area contributed by atoms with E-state index in [4.69, 9.17) is 4.42 Å². The number of carbonyl (C=O) groups excluding carboxylic acids is 1. The lowest BCUT2D eigenvalue weighted by molar-refractivity contribution is -0.118. The highest BCUT2D eigenvalue weighted by atomic mass is 32.2. The van der Waals surface area contributed by atoms with Crippen molar-refractivity contribution in [1.29, 1.82) is 0 Å². The van der Waals surface area contributed by atoms with Crippen molar-refractivity contribution >= 4 is 17.7 Å². The maximum atomic E-state index is 11.9. The quantitative estimate of drug-likeness (QED) is 0.666. The summed E-state index contributed by atoms with van der Waals surface area (Å²) >= 11 is 1.28. The summed E-state index contributed by atoms with van der Waals surface area (Å²) in [5, 5.41) is 21.5. The van der Waals surface area contributed by atoms with Gasteiger partial charge in [-0.3, -0.25) is 4.79 Å². The number of amides is 1. The normalized spacial score (nSPS) is 10.7. The summed E-state index contributed by atoms with van der Waals surface area (Å²) in [5.41, 5.74) is 0.599. The number of phenolic OH excluding ortho intramolecular Hbond substituents is 1. The number of hydrogen-bond donors (Lipinski definition) is 2. The van der Waals surface area contributed by atoms with Gasteiger partial charge in [0.1, 0.15) is 11.5 Å². The van der Waals surface area contributed by atoms with Crippen LogP contribution in [0, 0.1) is 0 Å². The zero-order chi connectivity index (χ0) is 16.9. The van der Waals surface area contributed by atoms with Gasteiger partial charge in [0.15, 0.2) is 11.0 Å². The van der Waals surface area contributed by atoms with Crippen LogP contribution in [0.2, 0.25) is 0 Å². The highest BCUT2D eigenvalue weighted by Gasteiger charge is 2.15. The summed E-state index contributed by atoms with van der Waals surface area (Å²) in [6, 6.07) is 10.5. The first kappa shape index (κ1) is 16.1. The molecule has 0 aliphatic heterocycles. The summed E-state index contributed by atoms with van der Waals surface area (Å²) in [4.78, 5) is 11.9. The summed E-state index contributed by atoms with van der Waals surface area (Å²) in [6.45, 7) is 0.356. The Kier molecular flexibility index (Phi) is 4.85. The third-order valence-corrected chi connectivity index (χ3v) is 4.37. The van der Waals surface area contributed by atoms with Crippen LogP contribution in [-0.2, 0) is 18.4 Å². The number of rotatable bonds is 6. The van der Waals surface area contributed by atoms with Crippen molar-refractivity contribution in [3.63, 3.8) is 0 Å². The van der Waals surface area contributed by atoms with E-state index < -0.39 is 0 Å². The van der Waals surface area contributed by atoms with Crippen molar-refractivity contribution in [3.05, 3.63) is 48.4 Å². The van der Waals surface area contributed by atoms with Crippen molar-refractivity contribution in [1.82, 2.24) is 20.1 Å². The third kappa shape index (κ3) is 3.60. The van der Waals surface area contributed by atoms with Crippen molar-refractivity contribution in [3.8, 4) is 17.1 Å². The zero-order valence-electron chi connectivity index (χ0n) is 13.0. The van der Waals surface area contributed by atoms with Crippen LogP contribution in [0.1, 0.15) is 5.76 Å². The Hall–Kier alpha value is -2.74. The van der Waals surface area contributed by atoms with Gasteiger partial charge in [0.25, 0.3) is 0 Å². The summed E-state index contributed by atoms with van der Waals surface area (Å²) < 4.78 is 6.91. The predicted octanol–water partition coefficient (Wildman–Crippen LogP) is 2.19. The van der Waals surface area contributed by atoms with Gasteiger partial charge in [-0.1, -0.05) is 23.9 Å². The van der Waals surface area contributed by atoms with Crippen molar-refractivity contribution in [2.75, 3.05) is 5.75 Å². The average molecular weight is 344 g/mol. The smallest absolute Gasteiger partial charge is 0.230 e. The second-order valence-electron chi connectivity index (χ2n) is 5.03. The molecule has 0 spiro atoms. The number of thioether (sulfide) groups is 1. The molecule has 1 aromatic carbocycles. The Bertz CT molecular complexity index is 830. The second kappa shape index (κ2) is 7.22. The zero-order valence-corrected chi connectivity index (χ0v) is 13.8. The van der Waals surface area contributed by atoms with Crippen LogP contribution in [-0.4, -0.2) is 31.5 Å². The van der Waals surface area contributed by atoms with Gasteiger partial charge in [-0.2, -0.15) is 0 Å². The molecule has 0 aliphatic rings. The molecular weight excluding hydrogens is 328 g/mol. The van der Waals surface area contributed by atoms with Gasteiger partial charge in [-0.05, 0) is 24.3 Å². The Labute approximate surface area is 142 Å². The van der Waals surface area contributed by atoms with Crippen LogP contribution in [0.15, 0.2) is 52.2 Å². The van der Waals surface area contributed by atoms with E-state index in [1.807, 2.05) is 6.07 Å². The molecule has 0 saturated carbocycles. The predicted molar refractivity (Wildman–Crippen MR) is 89.4 cm³/mol. The first-order valence-electron chi connectivity index (χ1n) is 7.25. The molecular formula is C16H16N4O3S. The highest BCUT2D eigenvalue weighted by molar-refractivity contribution is 7.99. The van der Waals surface area contributed by atoms with E-state index in [0.717, 1.165) is 0 Å². The van der Waals surface area contributed by atoms with Gasteiger partial charge in [0.05, 0.1) is 24.1 Å². The van der Waals surface area contributed by atoms with Gasteiger partial charge in [0, 0.05) is 7.05 Å². The standard InChI is InChI=1S/C16H16N4O3S/c1-20-15(12-6-2-3-7-13(12)21)18-19-16(20)24-10-14(22)17-9-11-5-4-8-23-11/h2-8,21H,9-10H2,1H3,(H,17,22). The summed E-state index contributed by atoms with van der Waals surface area (Å²) in [7, 11) is 1.80. The van der Waals surface area contributed by atoms with Gasteiger partial charge >= 0.3 is 0 Å². The Morgan fingerprint density at radius 1 is 1.29 bits per heavy atom.